The number of nitrogens with one attached hydrogen (secondary N) is 1. The maximum atomic E-state index is 12.9. The van der Waals surface area contributed by atoms with Crippen molar-refractivity contribution in [3.05, 3.63) is 64.4 Å². The standard InChI is InChI=1S/C18H15ClF3NO4/c19-15-9-12(20)3-6-14(15)17(25)26-10-16(24)23-8-7-11-1-4-13(5-2-11)27-18(21)22/h1-6,9,18H,7-8,10H2,(H,23,24). The quantitative estimate of drug-likeness (QED) is 0.686. The van der Waals surface area contributed by atoms with Gasteiger partial charge in [0.05, 0.1) is 10.6 Å². The van der Waals surface area contributed by atoms with E-state index < -0.39 is 30.9 Å². The van der Waals surface area contributed by atoms with E-state index in [0.717, 1.165) is 17.7 Å². The molecule has 0 fully saturated rings. The number of alkyl halides is 2. The second-order valence-electron chi connectivity index (χ2n) is 5.32. The molecule has 1 N–H and O–H groups in total. The van der Waals surface area contributed by atoms with Crippen molar-refractivity contribution in [1.82, 2.24) is 5.32 Å². The van der Waals surface area contributed by atoms with Crippen LogP contribution in [0.2, 0.25) is 5.02 Å². The first-order valence-corrected chi connectivity index (χ1v) is 8.15. The molecule has 9 heteroatoms. The van der Waals surface area contributed by atoms with Crippen LogP contribution >= 0.6 is 11.6 Å². The number of hydrogen-bond donors (Lipinski definition) is 1. The fraction of sp³-hybridized carbons (Fsp3) is 0.222. The first-order valence-electron chi connectivity index (χ1n) is 7.78. The van der Waals surface area contributed by atoms with Crippen LogP contribution in [0.5, 0.6) is 5.75 Å². The van der Waals surface area contributed by atoms with Gasteiger partial charge in [-0.15, -0.1) is 0 Å². The number of ether oxygens (including phenoxy) is 2. The van der Waals surface area contributed by atoms with Crippen LogP contribution in [0.4, 0.5) is 13.2 Å². The average Bonchev–Trinajstić information content (AvgIpc) is 2.61. The van der Waals surface area contributed by atoms with Crippen molar-refractivity contribution in [2.45, 2.75) is 13.0 Å². The van der Waals surface area contributed by atoms with Crippen LogP contribution in [0.1, 0.15) is 15.9 Å². The number of carbonyl (C=O) groups is 2. The van der Waals surface area contributed by atoms with Crippen LogP contribution in [-0.2, 0) is 16.0 Å². The van der Waals surface area contributed by atoms with Crippen molar-refractivity contribution in [2.24, 2.45) is 0 Å². The maximum Gasteiger partial charge on any atom is 0.387 e. The van der Waals surface area contributed by atoms with Crippen LogP contribution in [-0.4, -0.2) is 31.6 Å². The number of carbonyl (C=O) groups excluding carboxylic acids is 2. The fourth-order valence-corrected chi connectivity index (χ4v) is 2.34. The van der Waals surface area contributed by atoms with Gasteiger partial charge in [-0.3, -0.25) is 4.79 Å². The molecule has 1 amide bonds. The van der Waals surface area contributed by atoms with E-state index in [1.807, 2.05) is 0 Å². The van der Waals surface area contributed by atoms with Gasteiger partial charge < -0.3 is 14.8 Å². The molecule has 144 valence electrons. The fourth-order valence-electron chi connectivity index (χ4n) is 2.10. The largest absolute Gasteiger partial charge is 0.452 e. The van der Waals surface area contributed by atoms with Crippen molar-refractivity contribution in [3.63, 3.8) is 0 Å². The molecule has 0 saturated heterocycles. The Hall–Kier alpha value is -2.74. The van der Waals surface area contributed by atoms with Crippen molar-refractivity contribution in [2.75, 3.05) is 13.2 Å². The van der Waals surface area contributed by atoms with Gasteiger partial charge in [0.2, 0.25) is 0 Å². The Morgan fingerprint density at radius 2 is 1.81 bits per heavy atom. The predicted molar refractivity (Wildman–Crippen MR) is 91.5 cm³/mol. The van der Waals surface area contributed by atoms with Gasteiger partial charge in [0.15, 0.2) is 6.61 Å². The predicted octanol–water partition coefficient (Wildman–Crippen LogP) is 3.60. The molecule has 0 saturated carbocycles. The van der Waals surface area contributed by atoms with Crippen molar-refractivity contribution >= 4 is 23.5 Å². The third-order valence-corrected chi connectivity index (χ3v) is 3.68. The van der Waals surface area contributed by atoms with Gasteiger partial charge in [0, 0.05) is 6.54 Å². The van der Waals surface area contributed by atoms with Gasteiger partial charge in [-0.05, 0) is 42.3 Å². The monoisotopic (exact) mass is 401 g/mol. The molecule has 2 rings (SSSR count). The number of benzene rings is 2. The van der Waals surface area contributed by atoms with E-state index in [-0.39, 0.29) is 22.9 Å². The molecule has 0 bridgehead atoms. The van der Waals surface area contributed by atoms with Gasteiger partial charge >= 0.3 is 12.6 Å². The molecular formula is C18H15ClF3NO4. The second kappa shape index (κ2) is 9.82. The van der Waals surface area contributed by atoms with Crippen molar-refractivity contribution in [3.8, 4) is 5.75 Å². The summed E-state index contributed by atoms with van der Waals surface area (Å²) in [5.41, 5.74) is 0.754. The second-order valence-corrected chi connectivity index (χ2v) is 5.73. The minimum Gasteiger partial charge on any atom is -0.452 e. The lowest BCUT2D eigenvalue weighted by Gasteiger charge is -2.08. The normalized spacial score (nSPS) is 10.6. The number of rotatable bonds is 8. The maximum absolute atomic E-state index is 12.9. The van der Waals surface area contributed by atoms with Crippen molar-refractivity contribution < 1.29 is 32.2 Å². The van der Waals surface area contributed by atoms with E-state index in [9.17, 15) is 22.8 Å². The molecule has 0 radical (unpaired) electrons. The van der Waals surface area contributed by atoms with E-state index in [1.54, 1.807) is 12.1 Å². The van der Waals surface area contributed by atoms with Gasteiger partial charge in [0.25, 0.3) is 5.91 Å². The Labute approximate surface area is 158 Å². The van der Waals surface area contributed by atoms with E-state index in [1.165, 1.54) is 18.2 Å². The first-order chi connectivity index (χ1) is 12.8. The SMILES string of the molecule is O=C(COC(=O)c1ccc(F)cc1Cl)NCCc1ccc(OC(F)F)cc1. The van der Waals surface area contributed by atoms with Gasteiger partial charge in [-0.25, -0.2) is 9.18 Å². The topological polar surface area (TPSA) is 64.6 Å². The summed E-state index contributed by atoms with van der Waals surface area (Å²) in [5, 5.41) is 2.44. The molecule has 5 nitrogen and oxygen atoms in total. The summed E-state index contributed by atoms with van der Waals surface area (Å²) in [7, 11) is 0. The van der Waals surface area contributed by atoms with Crippen LogP contribution in [0.3, 0.4) is 0 Å². The Bertz CT molecular complexity index is 800. The van der Waals surface area contributed by atoms with Crippen LogP contribution in [0, 0.1) is 5.82 Å². The summed E-state index contributed by atoms with van der Waals surface area (Å²) in [6.07, 6.45) is 0.443. The smallest absolute Gasteiger partial charge is 0.387 e. The van der Waals surface area contributed by atoms with Crippen LogP contribution in [0.15, 0.2) is 42.5 Å². The molecule has 0 unspecified atom stereocenters. The Balaban J connectivity index is 1.72. The average molecular weight is 402 g/mol. The molecular weight excluding hydrogens is 387 g/mol. The first kappa shape index (κ1) is 20.6. The zero-order valence-corrected chi connectivity index (χ0v) is 14.6. The highest BCUT2D eigenvalue weighted by atomic mass is 35.5. The summed E-state index contributed by atoms with van der Waals surface area (Å²) in [5.74, 6) is -1.92. The molecule has 0 aliphatic heterocycles. The Morgan fingerprint density at radius 1 is 1.11 bits per heavy atom. The third-order valence-electron chi connectivity index (χ3n) is 3.37. The van der Waals surface area contributed by atoms with Gasteiger partial charge in [0.1, 0.15) is 11.6 Å². The summed E-state index contributed by atoms with van der Waals surface area (Å²) < 4.78 is 46.1. The lowest BCUT2D eigenvalue weighted by Crippen LogP contribution is -2.30. The lowest BCUT2D eigenvalue weighted by molar-refractivity contribution is -0.124. The Morgan fingerprint density at radius 3 is 2.44 bits per heavy atom. The lowest BCUT2D eigenvalue weighted by atomic mass is 10.1. The molecule has 0 aliphatic rings. The molecule has 0 atom stereocenters. The van der Waals surface area contributed by atoms with Gasteiger partial charge in [-0.2, -0.15) is 8.78 Å². The van der Waals surface area contributed by atoms with Gasteiger partial charge in [-0.1, -0.05) is 23.7 Å². The minimum absolute atomic E-state index is 0.0445. The highest BCUT2D eigenvalue weighted by molar-refractivity contribution is 6.33. The van der Waals surface area contributed by atoms with E-state index in [2.05, 4.69) is 10.1 Å². The molecule has 2 aromatic carbocycles. The van der Waals surface area contributed by atoms with E-state index >= 15 is 0 Å². The zero-order chi connectivity index (χ0) is 19.8. The molecule has 2 aromatic rings. The van der Waals surface area contributed by atoms with E-state index in [4.69, 9.17) is 16.3 Å². The number of amides is 1. The van der Waals surface area contributed by atoms with Crippen LogP contribution < -0.4 is 10.1 Å². The summed E-state index contributed by atoms with van der Waals surface area (Å²) in [4.78, 5) is 23.5. The molecule has 0 aromatic heterocycles. The van der Waals surface area contributed by atoms with Crippen LogP contribution in [0.25, 0.3) is 0 Å². The number of halogens is 4. The summed E-state index contributed by atoms with van der Waals surface area (Å²) in [6.45, 7) is -3.15. The van der Waals surface area contributed by atoms with Crippen molar-refractivity contribution in [1.29, 1.82) is 0 Å². The highest BCUT2D eigenvalue weighted by Crippen LogP contribution is 2.18. The number of esters is 1. The highest BCUT2D eigenvalue weighted by Gasteiger charge is 2.14. The molecule has 0 heterocycles. The zero-order valence-electron chi connectivity index (χ0n) is 13.9. The summed E-state index contributed by atoms with van der Waals surface area (Å²) in [6, 6.07) is 9.19. The Kier molecular flexibility index (Phi) is 7.48. The summed E-state index contributed by atoms with van der Waals surface area (Å²) >= 11 is 5.74. The third kappa shape index (κ3) is 6.82. The molecule has 27 heavy (non-hydrogen) atoms. The minimum atomic E-state index is -2.89. The molecule has 0 spiro atoms. The molecule has 0 aliphatic carbocycles. The number of hydrogen-bond acceptors (Lipinski definition) is 4. The van der Waals surface area contributed by atoms with E-state index in [0.29, 0.717) is 6.42 Å².